The van der Waals surface area contributed by atoms with Gasteiger partial charge in [0.15, 0.2) is 6.29 Å². The molecule has 0 aromatic rings. The van der Waals surface area contributed by atoms with E-state index in [4.69, 9.17) is 14.2 Å². The molecule has 9 heteroatoms. The summed E-state index contributed by atoms with van der Waals surface area (Å²) >= 11 is 0. The quantitative estimate of drug-likeness (QED) is 0.206. The molecule has 0 saturated carbocycles. The van der Waals surface area contributed by atoms with Crippen molar-refractivity contribution in [1.29, 1.82) is 0 Å². The van der Waals surface area contributed by atoms with E-state index in [9.17, 15) is 19.8 Å². The third-order valence-electron chi connectivity index (χ3n) is 3.49. The average molecular weight is 379 g/mol. The molecule has 1 unspecified atom stereocenters. The van der Waals surface area contributed by atoms with E-state index in [0.29, 0.717) is 6.61 Å². The molecule has 0 radical (unpaired) electrons. The second-order valence-electron chi connectivity index (χ2n) is 5.94. The van der Waals surface area contributed by atoms with E-state index < -0.39 is 37.2 Å². The third kappa shape index (κ3) is 12.2. The first-order valence-corrected chi connectivity index (χ1v) is 8.82. The molecule has 0 aliphatic rings. The molecule has 0 saturated heterocycles. The van der Waals surface area contributed by atoms with E-state index in [2.05, 4.69) is 10.1 Å². The van der Waals surface area contributed by atoms with Crippen LogP contribution in [-0.2, 0) is 28.5 Å². The minimum absolute atomic E-state index is 0.0547. The summed E-state index contributed by atoms with van der Waals surface area (Å²) in [6, 6.07) is 0. The Hall–Kier alpha value is -1.26. The van der Waals surface area contributed by atoms with Crippen LogP contribution in [0.4, 0.5) is 0 Å². The Morgan fingerprint density at radius 3 is 2.46 bits per heavy atom. The second-order valence-corrected chi connectivity index (χ2v) is 5.94. The van der Waals surface area contributed by atoms with E-state index in [1.54, 1.807) is 6.92 Å². The molecule has 0 heterocycles. The molecule has 0 aliphatic heterocycles. The van der Waals surface area contributed by atoms with Crippen molar-refractivity contribution in [3.63, 3.8) is 0 Å². The molecule has 0 spiro atoms. The molecule has 154 valence electrons. The number of hydrogen-bond acceptors (Lipinski definition) is 8. The lowest BCUT2D eigenvalue weighted by atomic mass is 10.2. The number of nitrogens with one attached hydrogen (secondary N) is 1. The number of aliphatic hydroxyl groups is 2. The van der Waals surface area contributed by atoms with Gasteiger partial charge in [-0.05, 0) is 13.3 Å². The Morgan fingerprint density at radius 1 is 1.23 bits per heavy atom. The number of ether oxygens (including phenoxy) is 4. The number of hydrogen-bond donors (Lipinski definition) is 3. The zero-order valence-electron chi connectivity index (χ0n) is 16.1. The highest BCUT2D eigenvalue weighted by Crippen LogP contribution is 2.09. The van der Waals surface area contributed by atoms with Gasteiger partial charge >= 0.3 is 5.97 Å². The van der Waals surface area contributed by atoms with Crippen LogP contribution in [-0.4, -0.2) is 80.2 Å². The molecule has 0 aromatic heterocycles. The molecule has 0 bridgehead atoms. The highest BCUT2D eigenvalue weighted by Gasteiger charge is 2.25. The Labute approximate surface area is 154 Å². The highest BCUT2D eigenvalue weighted by atomic mass is 16.7. The number of methoxy groups -OCH3 is 1. The van der Waals surface area contributed by atoms with Crippen molar-refractivity contribution >= 4 is 11.9 Å². The number of carbonyl (C=O) groups excluding carboxylic acids is 2. The van der Waals surface area contributed by atoms with Crippen molar-refractivity contribution in [2.75, 3.05) is 33.5 Å². The van der Waals surface area contributed by atoms with Gasteiger partial charge in [0, 0.05) is 13.5 Å². The Morgan fingerprint density at radius 2 is 1.92 bits per heavy atom. The van der Waals surface area contributed by atoms with Crippen molar-refractivity contribution in [3.05, 3.63) is 0 Å². The van der Waals surface area contributed by atoms with Crippen molar-refractivity contribution in [2.45, 2.75) is 64.6 Å². The van der Waals surface area contributed by atoms with Crippen LogP contribution in [0.2, 0.25) is 0 Å². The van der Waals surface area contributed by atoms with Crippen LogP contribution in [0.15, 0.2) is 0 Å². The van der Waals surface area contributed by atoms with Crippen LogP contribution in [0.1, 0.15) is 40.0 Å². The summed E-state index contributed by atoms with van der Waals surface area (Å²) in [5, 5.41) is 22.2. The largest absolute Gasteiger partial charge is 0.469 e. The first kappa shape index (κ1) is 24.7. The number of esters is 1. The molecule has 4 atom stereocenters. The van der Waals surface area contributed by atoms with Crippen molar-refractivity contribution in [3.8, 4) is 0 Å². The van der Waals surface area contributed by atoms with E-state index in [-0.39, 0.29) is 25.5 Å². The van der Waals surface area contributed by atoms with Gasteiger partial charge in [0.2, 0.25) is 5.91 Å². The van der Waals surface area contributed by atoms with E-state index in [0.717, 1.165) is 12.8 Å². The summed E-state index contributed by atoms with van der Waals surface area (Å²) in [7, 11) is 1.29. The second kappa shape index (κ2) is 14.9. The Bertz CT molecular complexity index is 393. The first-order valence-electron chi connectivity index (χ1n) is 8.82. The maximum absolute atomic E-state index is 11.2. The van der Waals surface area contributed by atoms with E-state index in [1.165, 1.54) is 14.0 Å². The molecule has 0 aromatic carbocycles. The normalized spacial score (nSPS) is 15.8. The van der Waals surface area contributed by atoms with Crippen molar-refractivity contribution in [2.24, 2.45) is 0 Å². The van der Waals surface area contributed by atoms with Crippen LogP contribution >= 0.6 is 0 Å². The minimum Gasteiger partial charge on any atom is -0.469 e. The molecule has 0 aliphatic carbocycles. The van der Waals surface area contributed by atoms with Gasteiger partial charge in [-0.25, -0.2) is 0 Å². The molecule has 1 amide bonds. The number of rotatable bonds is 15. The molecule has 0 rings (SSSR count). The summed E-state index contributed by atoms with van der Waals surface area (Å²) in [5.74, 6) is -0.652. The van der Waals surface area contributed by atoms with Crippen LogP contribution < -0.4 is 5.32 Å². The summed E-state index contributed by atoms with van der Waals surface area (Å²) in [6.45, 7) is 5.00. The lowest BCUT2D eigenvalue weighted by Gasteiger charge is -2.27. The average Bonchev–Trinajstić information content (AvgIpc) is 2.61. The van der Waals surface area contributed by atoms with E-state index in [1.807, 2.05) is 6.92 Å². The van der Waals surface area contributed by atoms with E-state index >= 15 is 0 Å². The maximum Gasteiger partial charge on any atom is 0.308 e. The van der Waals surface area contributed by atoms with Crippen LogP contribution in [0.3, 0.4) is 0 Å². The Kier molecular flexibility index (Phi) is 14.1. The van der Waals surface area contributed by atoms with Gasteiger partial charge < -0.3 is 34.5 Å². The number of aliphatic hydroxyl groups excluding tert-OH is 2. The SMILES string of the molecule is CCCCO[C@H](CNC(C)=O)OC(CO)[C@@H](O)CO[C@H](C)CC(=O)OC. The fourth-order valence-electron chi connectivity index (χ4n) is 1.93. The fourth-order valence-corrected chi connectivity index (χ4v) is 1.93. The summed E-state index contributed by atoms with van der Waals surface area (Å²) in [6.07, 6.45) is -1.53. The fraction of sp³-hybridized carbons (Fsp3) is 0.882. The molecule has 3 N–H and O–H groups in total. The number of unbranched alkanes of at least 4 members (excludes halogenated alkanes) is 1. The van der Waals surface area contributed by atoms with Gasteiger partial charge in [0.05, 0.1) is 39.4 Å². The lowest BCUT2D eigenvalue weighted by molar-refractivity contribution is -0.205. The van der Waals surface area contributed by atoms with Gasteiger partial charge in [0.25, 0.3) is 0 Å². The van der Waals surface area contributed by atoms with Crippen LogP contribution in [0.25, 0.3) is 0 Å². The topological polar surface area (TPSA) is 124 Å². The zero-order chi connectivity index (χ0) is 19.9. The minimum atomic E-state index is -1.13. The third-order valence-corrected chi connectivity index (χ3v) is 3.49. The van der Waals surface area contributed by atoms with Gasteiger partial charge in [-0.15, -0.1) is 0 Å². The molecule has 0 fully saturated rings. The van der Waals surface area contributed by atoms with Gasteiger partial charge in [-0.3, -0.25) is 9.59 Å². The van der Waals surface area contributed by atoms with Gasteiger partial charge in [0.1, 0.15) is 12.2 Å². The predicted octanol–water partition coefficient (Wildman–Crippen LogP) is -0.0281. The number of amides is 1. The lowest BCUT2D eigenvalue weighted by Crippen LogP contribution is -2.43. The van der Waals surface area contributed by atoms with Gasteiger partial charge in [-0.1, -0.05) is 13.3 Å². The van der Waals surface area contributed by atoms with Crippen LogP contribution in [0, 0.1) is 0 Å². The molecule has 26 heavy (non-hydrogen) atoms. The van der Waals surface area contributed by atoms with Crippen molar-refractivity contribution < 1.29 is 38.7 Å². The standard InChI is InChI=1S/C17H33NO8/c1-5-6-7-24-17(9-18-13(3)20)26-15(10-19)14(21)11-25-12(2)8-16(22)23-4/h12,14-15,17,19,21H,5-11H2,1-4H3,(H,18,20)/t12-,14+,15?,17+/m1/s1. The molecule has 9 nitrogen and oxygen atoms in total. The summed E-state index contributed by atoms with van der Waals surface area (Å²) in [5.41, 5.74) is 0. The summed E-state index contributed by atoms with van der Waals surface area (Å²) < 4.78 is 21.1. The Balaban J connectivity index is 4.51. The molecular formula is C17H33NO8. The highest BCUT2D eigenvalue weighted by molar-refractivity contribution is 5.72. The van der Waals surface area contributed by atoms with Gasteiger partial charge in [-0.2, -0.15) is 0 Å². The van der Waals surface area contributed by atoms with Crippen LogP contribution in [0.5, 0.6) is 0 Å². The first-order chi connectivity index (χ1) is 12.3. The smallest absolute Gasteiger partial charge is 0.308 e. The predicted molar refractivity (Wildman–Crippen MR) is 93.3 cm³/mol. The van der Waals surface area contributed by atoms with Crippen molar-refractivity contribution in [1.82, 2.24) is 5.32 Å². The number of carbonyl (C=O) groups is 2. The maximum atomic E-state index is 11.2. The summed E-state index contributed by atoms with van der Waals surface area (Å²) in [4.78, 5) is 22.3. The zero-order valence-corrected chi connectivity index (χ0v) is 16.1. The monoisotopic (exact) mass is 379 g/mol. The molecular weight excluding hydrogens is 346 g/mol.